The molecule has 1 N–H and O–H groups in total. The van der Waals surface area contributed by atoms with Gasteiger partial charge in [-0.15, -0.1) is 0 Å². The molecule has 0 unspecified atom stereocenters. The van der Waals surface area contributed by atoms with Gasteiger partial charge in [-0.2, -0.15) is 0 Å². The maximum Gasteiger partial charge on any atom is 0.278 e. The van der Waals surface area contributed by atoms with E-state index in [0.717, 1.165) is 39.1 Å². The van der Waals surface area contributed by atoms with Gasteiger partial charge in [0.1, 0.15) is 5.70 Å². The zero-order valence-electron chi connectivity index (χ0n) is 18.2. The van der Waals surface area contributed by atoms with Crippen LogP contribution in [-0.4, -0.2) is 21.7 Å². The Morgan fingerprint density at radius 1 is 0.806 bits per heavy atom. The molecule has 2 aromatic carbocycles. The number of imide groups is 1. The summed E-state index contributed by atoms with van der Waals surface area (Å²) in [6.07, 6.45) is 3.32. The van der Waals surface area contributed by atoms with Crippen LogP contribution in [0.4, 0.5) is 5.69 Å². The number of aromatic nitrogens is 1. The topological polar surface area (TPSA) is 62.3 Å². The summed E-state index contributed by atoms with van der Waals surface area (Å²) >= 11 is 0. The van der Waals surface area contributed by atoms with Crippen LogP contribution in [0.15, 0.2) is 66.6 Å². The Balaban J connectivity index is 1.80. The van der Waals surface area contributed by atoms with Gasteiger partial charge in [-0.25, -0.2) is 0 Å². The zero-order chi connectivity index (χ0) is 22.1. The van der Waals surface area contributed by atoms with E-state index < -0.39 is 0 Å². The molecule has 0 aliphatic carbocycles. The van der Waals surface area contributed by atoms with E-state index in [9.17, 15) is 9.59 Å². The molecule has 2 amide bonds. The van der Waals surface area contributed by atoms with Crippen molar-refractivity contribution in [3.63, 3.8) is 0 Å². The fourth-order valence-electron chi connectivity index (χ4n) is 3.68. The lowest BCUT2D eigenvalue weighted by atomic mass is 9.99. The van der Waals surface area contributed by atoms with Crippen LogP contribution in [0.1, 0.15) is 33.4 Å². The SMILES string of the molecule is Cc1ccc(C)c(NC2=C(c3ccc(C)c(C)c3)C(=O)N(Cc3ccncc3)C2=O)c1. The molecule has 3 aromatic rings. The third-order valence-corrected chi connectivity index (χ3v) is 5.71. The van der Waals surface area contributed by atoms with E-state index >= 15 is 0 Å². The van der Waals surface area contributed by atoms with Crippen molar-refractivity contribution in [3.05, 3.63) is 100 Å². The van der Waals surface area contributed by atoms with E-state index in [2.05, 4.69) is 10.3 Å². The summed E-state index contributed by atoms with van der Waals surface area (Å²) in [5.41, 5.74) is 7.43. The molecule has 0 spiro atoms. The van der Waals surface area contributed by atoms with Crippen molar-refractivity contribution in [1.82, 2.24) is 9.88 Å². The van der Waals surface area contributed by atoms with Crippen LogP contribution in [0.2, 0.25) is 0 Å². The van der Waals surface area contributed by atoms with Crippen molar-refractivity contribution >= 4 is 23.1 Å². The number of carbonyl (C=O) groups is 2. The van der Waals surface area contributed by atoms with Crippen LogP contribution < -0.4 is 5.32 Å². The number of pyridine rings is 1. The molecule has 31 heavy (non-hydrogen) atoms. The first-order valence-electron chi connectivity index (χ1n) is 10.3. The fraction of sp³-hybridized carbons (Fsp3) is 0.192. The molecular weight excluding hydrogens is 386 g/mol. The Kier molecular flexibility index (Phi) is 5.42. The lowest BCUT2D eigenvalue weighted by Gasteiger charge is -2.16. The molecule has 1 aliphatic rings. The number of hydrogen-bond donors (Lipinski definition) is 1. The van der Waals surface area contributed by atoms with Crippen LogP contribution in [0.25, 0.3) is 5.57 Å². The molecule has 4 rings (SSSR count). The van der Waals surface area contributed by atoms with Crippen LogP contribution in [-0.2, 0) is 16.1 Å². The van der Waals surface area contributed by atoms with Crippen molar-refractivity contribution in [3.8, 4) is 0 Å². The predicted octanol–water partition coefficient (Wildman–Crippen LogP) is 4.71. The number of hydrogen-bond acceptors (Lipinski definition) is 4. The van der Waals surface area contributed by atoms with E-state index in [4.69, 9.17) is 0 Å². The first kappa shape index (κ1) is 20.5. The Hall–Kier alpha value is -3.73. The monoisotopic (exact) mass is 411 g/mol. The number of carbonyl (C=O) groups excluding carboxylic acids is 2. The number of rotatable bonds is 5. The summed E-state index contributed by atoms with van der Waals surface area (Å²) in [6.45, 7) is 8.22. The quantitative estimate of drug-likeness (QED) is 0.618. The highest BCUT2D eigenvalue weighted by molar-refractivity contribution is 6.36. The minimum atomic E-state index is -0.323. The van der Waals surface area contributed by atoms with Crippen molar-refractivity contribution in [2.45, 2.75) is 34.2 Å². The van der Waals surface area contributed by atoms with Gasteiger partial charge in [0.2, 0.25) is 0 Å². The van der Waals surface area contributed by atoms with E-state index in [0.29, 0.717) is 11.3 Å². The van der Waals surface area contributed by atoms with E-state index in [1.54, 1.807) is 12.4 Å². The Morgan fingerprint density at radius 2 is 1.52 bits per heavy atom. The fourth-order valence-corrected chi connectivity index (χ4v) is 3.68. The van der Waals surface area contributed by atoms with Gasteiger partial charge in [-0.3, -0.25) is 19.5 Å². The molecule has 1 aliphatic heterocycles. The van der Waals surface area contributed by atoms with Gasteiger partial charge in [0.05, 0.1) is 12.1 Å². The van der Waals surface area contributed by atoms with E-state index in [1.165, 1.54) is 4.90 Å². The number of aryl methyl sites for hydroxylation is 4. The molecule has 1 aromatic heterocycles. The minimum Gasteiger partial charge on any atom is -0.350 e. The van der Waals surface area contributed by atoms with Gasteiger partial charge in [0, 0.05) is 18.1 Å². The number of amides is 2. The maximum absolute atomic E-state index is 13.5. The second kappa shape index (κ2) is 8.19. The average Bonchev–Trinajstić information content (AvgIpc) is 2.98. The molecule has 0 atom stereocenters. The summed E-state index contributed by atoms with van der Waals surface area (Å²) in [7, 11) is 0. The molecule has 0 bridgehead atoms. The number of benzene rings is 2. The largest absolute Gasteiger partial charge is 0.350 e. The molecule has 2 heterocycles. The van der Waals surface area contributed by atoms with Crippen LogP contribution in [0.3, 0.4) is 0 Å². The molecular formula is C26H25N3O2. The zero-order valence-corrected chi connectivity index (χ0v) is 18.2. The van der Waals surface area contributed by atoms with Crippen LogP contribution >= 0.6 is 0 Å². The third-order valence-electron chi connectivity index (χ3n) is 5.71. The standard InChI is InChI=1S/C26H25N3O2/c1-16-5-6-18(3)22(13-16)28-24-23(21-8-7-17(2)19(4)14-21)25(30)29(26(24)31)15-20-9-11-27-12-10-20/h5-14,28H,15H2,1-4H3. The normalized spacial score (nSPS) is 13.9. The summed E-state index contributed by atoms with van der Waals surface area (Å²) in [5.74, 6) is -0.617. The lowest BCUT2D eigenvalue weighted by molar-refractivity contribution is -0.137. The first-order valence-corrected chi connectivity index (χ1v) is 10.3. The summed E-state index contributed by atoms with van der Waals surface area (Å²) < 4.78 is 0. The molecule has 5 nitrogen and oxygen atoms in total. The Labute approximate surface area is 182 Å². The number of anilines is 1. The highest BCUT2D eigenvalue weighted by Gasteiger charge is 2.39. The predicted molar refractivity (Wildman–Crippen MR) is 122 cm³/mol. The summed E-state index contributed by atoms with van der Waals surface area (Å²) in [4.78, 5) is 32.2. The molecule has 0 fully saturated rings. The molecule has 0 saturated carbocycles. The molecule has 5 heteroatoms. The van der Waals surface area contributed by atoms with Gasteiger partial charge < -0.3 is 5.32 Å². The highest BCUT2D eigenvalue weighted by Crippen LogP contribution is 2.33. The first-order chi connectivity index (χ1) is 14.8. The van der Waals surface area contributed by atoms with Crippen LogP contribution in [0, 0.1) is 27.7 Å². The highest BCUT2D eigenvalue weighted by atomic mass is 16.2. The van der Waals surface area contributed by atoms with Crippen molar-refractivity contribution in [2.24, 2.45) is 0 Å². The third kappa shape index (κ3) is 3.99. The molecule has 0 radical (unpaired) electrons. The number of nitrogens with zero attached hydrogens (tertiary/aromatic N) is 2. The summed E-state index contributed by atoms with van der Waals surface area (Å²) in [5, 5.41) is 3.28. The summed E-state index contributed by atoms with van der Waals surface area (Å²) in [6, 6.07) is 15.5. The van der Waals surface area contributed by atoms with E-state index in [-0.39, 0.29) is 18.4 Å². The van der Waals surface area contributed by atoms with Gasteiger partial charge in [-0.05, 0) is 79.3 Å². The maximum atomic E-state index is 13.5. The van der Waals surface area contributed by atoms with Crippen molar-refractivity contribution in [1.29, 1.82) is 0 Å². The smallest absolute Gasteiger partial charge is 0.278 e. The Bertz CT molecular complexity index is 1210. The second-order valence-electron chi connectivity index (χ2n) is 8.04. The van der Waals surface area contributed by atoms with Gasteiger partial charge >= 0.3 is 0 Å². The van der Waals surface area contributed by atoms with Gasteiger partial charge in [0.15, 0.2) is 0 Å². The van der Waals surface area contributed by atoms with E-state index in [1.807, 2.05) is 76.2 Å². The number of nitrogens with one attached hydrogen (secondary N) is 1. The van der Waals surface area contributed by atoms with Crippen LogP contribution in [0.5, 0.6) is 0 Å². The lowest BCUT2D eigenvalue weighted by Crippen LogP contribution is -2.32. The van der Waals surface area contributed by atoms with Crippen molar-refractivity contribution in [2.75, 3.05) is 5.32 Å². The van der Waals surface area contributed by atoms with Crippen molar-refractivity contribution < 1.29 is 9.59 Å². The minimum absolute atomic E-state index is 0.201. The van der Waals surface area contributed by atoms with Gasteiger partial charge in [0.25, 0.3) is 11.8 Å². The molecule has 156 valence electrons. The average molecular weight is 412 g/mol. The molecule has 0 saturated heterocycles. The van der Waals surface area contributed by atoms with Gasteiger partial charge in [-0.1, -0.05) is 30.3 Å². The second-order valence-corrected chi connectivity index (χ2v) is 8.04. The Morgan fingerprint density at radius 3 is 2.23 bits per heavy atom.